The average molecular weight is 308 g/mol. The number of hydrogen-bond donors (Lipinski definition) is 1. The van der Waals surface area contributed by atoms with E-state index in [1.165, 1.54) is 0 Å². The number of carbonyl (C=O) groups excluding carboxylic acids is 1. The number of amides is 1. The Kier molecular flexibility index (Phi) is 5.21. The van der Waals surface area contributed by atoms with Crippen molar-refractivity contribution < 1.29 is 19.2 Å². The molecule has 0 aliphatic carbocycles. The summed E-state index contributed by atoms with van der Waals surface area (Å²) in [5.41, 5.74) is 0.821. The van der Waals surface area contributed by atoms with E-state index in [9.17, 15) is 9.59 Å². The zero-order valence-corrected chi connectivity index (χ0v) is 13.4. The van der Waals surface area contributed by atoms with E-state index in [0.717, 1.165) is 18.5 Å². The van der Waals surface area contributed by atoms with Gasteiger partial charge >= 0.3 is 5.97 Å². The highest BCUT2D eigenvalue weighted by Gasteiger charge is 2.34. The molecule has 2 rings (SSSR count). The maximum atomic E-state index is 12.5. The fourth-order valence-corrected chi connectivity index (χ4v) is 3.14. The van der Waals surface area contributed by atoms with Crippen molar-refractivity contribution in [2.24, 2.45) is 11.8 Å². The van der Waals surface area contributed by atoms with E-state index in [1.54, 1.807) is 11.0 Å². The molecule has 1 N–H and O–H groups in total. The lowest BCUT2D eigenvalue weighted by Crippen LogP contribution is -2.44. The molecule has 122 valence electrons. The van der Waals surface area contributed by atoms with Crippen molar-refractivity contribution in [1.29, 1.82) is 0 Å². The van der Waals surface area contributed by atoms with Crippen LogP contribution in [0.25, 0.3) is 0 Å². The van der Waals surface area contributed by atoms with E-state index in [4.69, 9.17) is 9.63 Å². The van der Waals surface area contributed by atoms with Crippen LogP contribution in [0.2, 0.25) is 0 Å². The number of hydrogen-bond acceptors (Lipinski definition) is 4. The molecule has 0 spiro atoms. The van der Waals surface area contributed by atoms with E-state index in [1.807, 2.05) is 6.92 Å². The van der Waals surface area contributed by atoms with Crippen LogP contribution in [0.1, 0.15) is 62.2 Å². The van der Waals surface area contributed by atoms with Crippen molar-refractivity contribution in [2.75, 3.05) is 13.1 Å². The van der Waals surface area contributed by atoms with Crippen LogP contribution in [0, 0.1) is 11.8 Å². The van der Waals surface area contributed by atoms with Gasteiger partial charge < -0.3 is 14.5 Å². The summed E-state index contributed by atoms with van der Waals surface area (Å²) in [6, 6.07) is 1.73. The fraction of sp³-hybridized carbons (Fsp3) is 0.688. The quantitative estimate of drug-likeness (QED) is 0.904. The van der Waals surface area contributed by atoms with Crippen LogP contribution in [-0.4, -0.2) is 40.1 Å². The molecule has 0 saturated carbocycles. The number of rotatable bonds is 5. The summed E-state index contributed by atoms with van der Waals surface area (Å²) < 4.78 is 5.22. The van der Waals surface area contributed by atoms with Gasteiger partial charge in [-0.05, 0) is 25.2 Å². The summed E-state index contributed by atoms with van der Waals surface area (Å²) in [6.45, 7) is 6.93. The van der Waals surface area contributed by atoms with Crippen LogP contribution in [-0.2, 0) is 4.79 Å². The highest BCUT2D eigenvalue weighted by molar-refractivity contribution is 5.91. The van der Waals surface area contributed by atoms with Gasteiger partial charge in [-0.1, -0.05) is 25.9 Å². The number of carbonyl (C=O) groups is 2. The minimum Gasteiger partial charge on any atom is -0.481 e. The third kappa shape index (κ3) is 3.31. The summed E-state index contributed by atoms with van der Waals surface area (Å²) in [4.78, 5) is 25.3. The predicted octanol–water partition coefficient (Wildman–Crippen LogP) is 2.76. The number of aromatic nitrogens is 1. The SMILES string of the molecule is CCC(CC)c1cc(C(=O)N2CCC(C(=O)O)C(C)C2)on1. The highest BCUT2D eigenvalue weighted by atomic mass is 16.5. The second-order valence-electron chi connectivity index (χ2n) is 6.09. The summed E-state index contributed by atoms with van der Waals surface area (Å²) >= 11 is 0. The Bertz CT molecular complexity index is 536. The standard InChI is InChI=1S/C16H24N2O4/c1-4-11(5-2)13-8-14(22-17-13)15(19)18-7-6-12(16(20)21)10(3)9-18/h8,10-12H,4-7,9H2,1-3H3,(H,20,21). The van der Waals surface area contributed by atoms with Gasteiger partial charge in [-0.25, -0.2) is 0 Å². The molecular weight excluding hydrogens is 284 g/mol. The van der Waals surface area contributed by atoms with Crippen LogP contribution < -0.4 is 0 Å². The van der Waals surface area contributed by atoms with Gasteiger partial charge in [0.1, 0.15) is 0 Å². The summed E-state index contributed by atoms with van der Waals surface area (Å²) in [6.07, 6.45) is 2.39. The summed E-state index contributed by atoms with van der Waals surface area (Å²) in [5, 5.41) is 13.2. The second-order valence-corrected chi connectivity index (χ2v) is 6.09. The lowest BCUT2D eigenvalue weighted by molar-refractivity contribution is -0.145. The first-order chi connectivity index (χ1) is 10.5. The number of nitrogens with zero attached hydrogens (tertiary/aromatic N) is 2. The van der Waals surface area contributed by atoms with Gasteiger partial charge in [-0.15, -0.1) is 0 Å². The Morgan fingerprint density at radius 2 is 2.14 bits per heavy atom. The molecular formula is C16H24N2O4. The minimum absolute atomic E-state index is 0.0587. The topological polar surface area (TPSA) is 83.6 Å². The summed E-state index contributed by atoms with van der Waals surface area (Å²) in [5.74, 6) is -0.851. The van der Waals surface area contributed by atoms with Gasteiger partial charge in [0.05, 0.1) is 11.6 Å². The van der Waals surface area contributed by atoms with Crippen LogP contribution in [0.3, 0.4) is 0 Å². The number of carboxylic acids is 1. The van der Waals surface area contributed by atoms with E-state index in [-0.39, 0.29) is 23.5 Å². The van der Waals surface area contributed by atoms with Crippen molar-refractivity contribution in [3.8, 4) is 0 Å². The van der Waals surface area contributed by atoms with Crippen molar-refractivity contribution >= 4 is 11.9 Å². The van der Waals surface area contributed by atoms with Crippen LogP contribution in [0.15, 0.2) is 10.6 Å². The molecule has 0 aromatic carbocycles. The largest absolute Gasteiger partial charge is 0.481 e. The van der Waals surface area contributed by atoms with Gasteiger partial charge in [0.15, 0.2) is 0 Å². The van der Waals surface area contributed by atoms with Gasteiger partial charge in [-0.3, -0.25) is 9.59 Å². The highest BCUT2D eigenvalue weighted by Crippen LogP contribution is 2.26. The number of carboxylic acid groups (broad SMARTS) is 1. The molecule has 1 amide bonds. The van der Waals surface area contributed by atoms with Crippen molar-refractivity contribution in [3.63, 3.8) is 0 Å². The van der Waals surface area contributed by atoms with Crippen molar-refractivity contribution in [1.82, 2.24) is 10.1 Å². The zero-order chi connectivity index (χ0) is 16.3. The maximum absolute atomic E-state index is 12.5. The Hall–Kier alpha value is -1.85. The van der Waals surface area contributed by atoms with E-state index in [0.29, 0.717) is 25.4 Å². The molecule has 1 aliphatic heterocycles. The van der Waals surface area contributed by atoms with Crippen molar-refractivity contribution in [3.05, 3.63) is 17.5 Å². The number of likely N-dealkylation sites (tertiary alicyclic amines) is 1. The molecule has 6 heteroatoms. The Morgan fingerprint density at radius 3 is 2.68 bits per heavy atom. The Labute approximate surface area is 130 Å². The van der Waals surface area contributed by atoms with Crippen molar-refractivity contribution in [2.45, 2.75) is 46.0 Å². The maximum Gasteiger partial charge on any atom is 0.306 e. The molecule has 2 atom stereocenters. The third-order valence-electron chi connectivity index (χ3n) is 4.65. The molecule has 1 fully saturated rings. The Morgan fingerprint density at radius 1 is 1.45 bits per heavy atom. The molecule has 2 heterocycles. The minimum atomic E-state index is -0.782. The molecule has 1 aliphatic rings. The lowest BCUT2D eigenvalue weighted by Gasteiger charge is -2.34. The molecule has 1 aromatic heterocycles. The Balaban J connectivity index is 2.05. The predicted molar refractivity (Wildman–Crippen MR) is 80.6 cm³/mol. The first-order valence-electron chi connectivity index (χ1n) is 7.96. The van der Waals surface area contributed by atoms with Gasteiger partial charge in [0, 0.05) is 25.1 Å². The third-order valence-corrected chi connectivity index (χ3v) is 4.65. The summed E-state index contributed by atoms with van der Waals surface area (Å²) in [7, 11) is 0. The number of piperidine rings is 1. The molecule has 0 radical (unpaired) electrons. The second kappa shape index (κ2) is 6.94. The normalized spacial score (nSPS) is 22.1. The fourth-order valence-electron chi connectivity index (χ4n) is 3.14. The van der Waals surface area contributed by atoms with Crippen LogP contribution in [0.5, 0.6) is 0 Å². The van der Waals surface area contributed by atoms with Crippen LogP contribution >= 0.6 is 0 Å². The first kappa shape index (κ1) is 16.5. The molecule has 1 aromatic rings. The zero-order valence-electron chi connectivity index (χ0n) is 13.4. The monoisotopic (exact) mass is 308 g/mol. The van der Waals surface area contributed by atoms with Gasteiger partial charge in [-0.2, -0.15) is 0 Å². The molecule has 22 heavy (non-hydrogen) atoms. The van der Waals surface area contributed by atoms with E-state index in [2.05, 4.69) is 19.0 Å². The van der Waals surface area contributed by atoms with E-state index >= 15 is 0 Å². The van der Waals surface area contributed by atoms with Gasteiger partial charge in [0.2, 0.25) is 5.76 Å². The molecule has 6 nitrogen and oxygen atoms in total. The first-order valence-corrected chi connectivity index (χ1v) is 7.96. The molecule has 0 bridgehead atoms. The van der Waals surface area contributed by atoms with Gasteiger partial charge in [0.25, 0.3) is 5.91 Å². The molecule has 2 unspecified atom stereocenters. The van der Waals surface area contributed by atoms with E-state index < -0.39 is 5.97 Å². The molecule has 1 saturated heterocycles. The number of aliphatic carboxylic acids is 1. The van der Waals surface area contributed by atoms with Crippen LogP contribution in [0.4, 0.5) is 0 Å². The lowest BCUT2D eigenvalue weighted by atomic mass is 9.87. The smallest absolute Gasteiger partial charge is 0.306 e. The average Bonchev–Trinajstić information content (AvgIpc) is 2.97.